The maximum Gasteiger partial charge on any atom is 0.119 e. The highest BCUT2D eigenvalue weighted by atomic mass is 16.5. The van der Waals surface area contributed by atoms with E-state index in [1.807, 2.05) is 0 Å². The second-order valence-electron chi connectivity index (χ2n) is 15.5. The molecule has 0 amide bonds. The summed E-state index contributed by atoms with van der Waals surface area (Å²) in [6.07, 6.45) is 14.3. The van der Waals surface area contributed by atoms with Crippen molar-refractivity contribution < 1.29 is 9.47 Å². The largest absolute Gasteiger partial charge is 0.494 e. The van der Waals surface area contributed by atoms with E-state index in [1.165, 1.54) is 83.0 Å². The van der Waals surface area contributed by atoms with Gasteiger partial charge in [0.2, 0.25) is 0 Å². The first-order valence-electron chi connectivity index (χ1n) is 19.5. The lowest BCUT2D eigenvalue weighted by molar-refractivity contribution is 0.275. The Labute approximate surface area is 305 Å². The summed E-state index contributed by atoms with van der Waals surface area (Å²) < 4.78 is 12.4. The predicted molar refractivity (Wildman–Crippen MR) is 218 cm³/mol. The molecule has 0 aliphatic heterocycles. The number of allylic oxidation sites excluding steroid dienone is 1. The van der Waals surface area contributed by atoms with Gasteiger partial charge >= 0.3 is 0 Å². The molecule has 4 rings (SSSR count). The predicted octanol–water partition coefficient (Wildman–Crippen LogP) is 14.5. The minimum Gasteiger partial charge on any atom is -0.494 e. The summed E-state index contributed by atoms with van der Waals surface area (Å²) in [6, 6.07) is 31.0. The van der Waals surface area contributed by atoms with Crippen LogP contribution in [0.1, 0.15) is 111 Å². The molecule has 0 saturated carbocycles. The molecule has 0 heterocycles. The number of benzene rings is 4. The summed E-state index contributed by atoms with van der Waals surface area (Å²) in [5.41, 5.74) is 9.74. The third kappa shape index (κ3) is 12.5. The molecule has 0 aromatic heterocycles. The Hall–Kier alpha value is -3.78. The number of aryl methyl sites for hydroxylation is 1. The van der Waals surface area contributed by atoms with E-state index in [-0.39, 0.29) is 0 Å². The summed E-state index contributed by atoms with van der Waals surface area (Å²) in [5, 5.41) is 0. The van der Waals surface area contributed by atoms with Crippen LogP contribution < -0.4 is 9.47 Å². The highest BCUT2D eigenvalue weighted by molar-refractivity contribution is 5.92. The zero-order chi connectivity index (χ0) is 35.9. The van der Waals surface area contributed by atoms with Gasteiger partial charge in [0.05, 0.1) is 13.2 Å². The van der Waals surface area contributed by atoms with E-state index in [0.717, 1.165) is 49.4 Å². The van der Waals surface area contributed by atoms with Gasteiger partial charge in [0.25, 0.3) is 0 Å². The Kier molecular flexibility index (Phi) is 15.7. The third-order valence-electron chi connectivity index (χ3n) is 9.91. The molecule has 2 atom stereocenters. The molecule has 0 bridgehead atoms. The SMILES string of the molecule is CC=Cc1ccc(-c2ccc(C)cc2-c2ccc(OCCC(C)CCCC(C)C)cc2)c(-c2ccc(OCCC(C)CCCC(C)C)cc2)c1. The van der Waals surface area contributed by atoms with E-state index >= 15 is 0 Å². The average Bonchev–Trinajstić information content (AvgIpc) is 3.09. The number of ether oxygens (including phenoxy) is 2. The van der Waals surface area contributed by atoms with Crippen molar-refractivity contribution in [1.29, 1.82) is 0 Å². The van der Waals surface area contributed by atoms with E-state index in [9.17, 15) is 0 Å². The second kappa shape index (κ2) is 20.2. The Balaban J connectivity index is 1.50. The van der Waals surface area contributed by atoms with Crippen molar-refractivity contribution in [2.45, 2.75) is 107 Å². The van der Waals surface area contributed by atoms with Crippen LogP contribution in [0.2, 0.25) is 0 Å². The normalized spacial score (nSPS) is 12.9. The molecule has 0 aliphatic carbocycles. The first-order valence-corrected chi connectivity index (χ1v) is 19.5. The van der Waals surface area contributed by atoms with Crippen LogP contribution in [0.3, 0.4) is 0 Å². The molecule has 4 aromatic rings. The number of hydrogen-bond donors (Lipinski definition) is 0. The smallest absolute Gasteiger partial charge is 0.119 e. The van der Waals surface area contributed by atoms with Gasteiger partial charge in [0.1, 0.15) is 11.5 Å². The van der Waals surface area contributed by atoms with E-state index in [4.69, 9.17) is 9.47 Å². The minimum atomic E-state index is 0.690. The fourth-order valence-corrected chi connectivity index (χ4v) is 6.72. The standard InChI is InChI=1S/C48H64O2/c1-9-12-40-18-28-46(48(34-40)42-21-25-44(26-22-42)50-32-30-38(7)16-11-14-36(4)5)45-27-17-39(8)33-47(45)41-19-23-43(24-20-41)49-31-29-37(6)15-10-13-35(2)3/h9,12,17-28,33-38H,10-11,13-16,29-32H2,1-8H3. The zero-order valence-corrected chi connectivity index (χ0v) is 32.4. The van der Waals surface area contributed by atoms with Crippen molar-refractivity contribution in [3.05, 3.63) is 102 Å². The maximum absolute atomic E-state index is 6.21. The summed E-state index contributed by atoms with van der Waals surface area (Å²) in [7, 11) is 0. The van der Waals surface area contributed by atoms with Gasteiger partial charge in [-0.15, -0.1) is 0 Å². The van der Waals surface area contributed by atoms with E-state index in [2.05, 4.69) is 152 Å². The van der Waals surface area contributed by atoms with Gasteiger partial charge in [0, 0.05) is 0 Å². The lowest BCUT2D eigenvalue weighted by atomic mass is 9.87. The topological polar surface area (TPSA) is 18.5 Å². The fraction of sp³-hybridized carbons (Fsp3) is 0.458. The first kappa shape index (κ1) is 39.0. The van der Waals surface area contributed by atoms with Gasteiger partial charge in [-0.1, -0.05) is 152 Å². The monoisotopic (exact) mass is 672 g/mol. The van der Waals surface area contributed by atoms with E-state index in [1.54, 1.807) is 0 Å². The molecule has 0 N–H and O–H groups in total. The van der Waals surface area contributed by atoms with Crippen LogP contribution in [0.5, 0.6) is 11.5 Å². The molecule has 0 fully saturated rings. The lowest BCUT2D eigenvalue weighted by Gasteiger charge is -2.17. The molecule has 2 unspecified atom stereocenters. The fourth-order valence-electron chi connectivity index (χ4n) is 6.72. The van der Waals surface area contributed by atoms with Crippen molar-refractivity contribution in [3.63, 3.8) is 0 Å². The molecule has 0 radical (unpaired) electrons. The Bertz CT molecular complexity index is 1590. The van der Waals surface area contributed by atoms with Crippen molar-refractivity contribution in [2.75, 3.05) is 13.2 Å². The Morgan fingerprint density at radius 3 is 1.42 bits per heavy atom. The molecule has 4 aromatic carbocycles. The number of rotatable bonds is 20. The third-order valence-corrected chi connectivity index (χ3v) is 9.91. The Morgan fingerprint density at radius 1 is 0.500 bits per heavy atom. The molecular formula is C48H64O2. The van der Waals surface area contributed by atoms with Crippen LogP contribution in [-0.4, -0.2) is 13.2 Å². The van der Waals surface area contributed by atoms with Crippen molar-refractivity contribution in [2.24, 2.45) is 23.7 Å². The molecule has 0 spiro atoms. The van der Waals surface area contributed by atoms with Crippen LogP contribution in [0.25, 0.3) is 39.5 Å². The summed E-state index contributed by atoms with van der Waals surface area (Å²) in [4.78, 5) is 0. The molecule has 2 heteroatoms. The van der Waals surface area contributed by atoms with Gasteiger partial charge in [-0.05, 0) is 120 Å². The van der Waals surface area contributed by atoms with Crippen LogP contribution in [0.4, 0.5) is 0 Å². The van der Waals surface area contributed by atoms with E-state index in [0.29, 0.717) is 11.8 Å². The van der Waals surface area contributed by atoms with Gasteiger partial charge in [-0.3, -0.25) is 0 Å². The van der Waals surface area contributed by atoms with Crippen molar-refractivity contribution in [1.82, 2.24) is 0 Å². The average molecular weight is 673 g/mol. The van der Waals surface area contributed by atoms with Crippen molar-refractivity contribution in [3.8, 4) is 44.9 Å². The van der Waals surface area contributed by atoms with Crippen LogP contribution in [0.15, 0.2) is 91.0 Å². The lowest BCUT2D eigenvalue weighted by Crippen LogP contribution is -2.05. The van der Waals surface area contributed by atoms with Gasteiger partial charge in [-0.25, -0.2) is 0 Å². The van der Waals surface area contributed by atoms with Gasteiger partial charge in [0.15, 0.2) is 0 Å². The highest BCUT2D eigenvalue weighted by Gasteiger charge is 2.15. The Morgan fingerprint density at radius 2 is 0.960 bits per heavy atom. The van der Waals surface area contributed by atoms with Crippen LogP contribution in [0, 0.1) is 30.6 Å². The van der Waals surface area contributed by atoms with Crippen LogP contribution >= 0.6 is 0 Å². The quantitative estimate of drug-likeness (QED) is 0.0930. The number of hydrogen-bond acceptors (Lipinski definition) is 2. The molecule has 268 valence electrons. The highest BCUT2D eigenvalue weighted by Crippen LogP contribution is 2.40. The van der Waals surface area contributed by atoms with Gasteiger partial charge < -0.3 is 9.47 Å². The molecule has 0 saturated heterocycles. The zero-order valence-electron chi connectivity index (χ0n) is 32.4. The second-order valence-corrected chi connectivity index (χ2v) is 15.5. The summed E-state index contributed by atoms with van der Waals surface area (Å²) in [6.45, 7) is 19.7. The molecule has 0 aliphatic rings. The van der Waals surface area contributed by atoms with Crippen molar-refractivity contribution >= 4 is 6.08 Å². The molecular weight excluding hydrogens is 609 g/mol. The van der Waals surface area contributed by atoms with E-state index < -0.39 is 0 Å². The van der Waals surface area contributed by atoms with Crippen LogP contribution in [-0.2, 0) is 0 Å². The molecule has 50 heavy (non-hydrogen) atoms. The van der Waals surface area contributed by atoms with Gasteiger partial charge in [-0.2, -0.15) is 0 Å². The summed E-state index contributed by atoms with van der Waals surface area (Å²) >= 11 is 0. The first-order chi connectivity index (χ1) is 24.1. The molecule has 2 nitrogen and oxygen atoms in total. The minimum absolute atomic E-state index is 0.690. The maximum atomic E-state index is 6.21. The summed E-state index contributed by atoms with van der Waals surface area (Å²) in [5.74, 6) is 4.83.